The van der Waals surface area contributed by atoms with Gasteiger partial charge in [-0.15, -0.1) is 5.10 Å². The van der Waals surface area contributed by atoms with E-state index in [1.54, 1.807) is 0 Å². The smallest absolute Gasteiger partial charge is 0.253 e. The number of fused-ring (bicyclic) bond motifs is 2. The lowest BCUT2D eigenvalue weighted by Gasteiger charge is -2.40. The standard InChI is InChI=1S/C29H33N7O4/c1-18-5-6-19(2)24(12-18)34-7-9-35(10-8-34)27(28-31-32-33-36(28)16-21-4-3-11-38-21)22-13-20-14-25-26(40-17-39-25)15-23(20)30-29(22)37/h5-6,12-15,21,27H,3-4,7-11,16-17H2,1-2H3,(H,30,37)/t21-,27-/m1/s1. The molecule has 0 aliphatic carbocycles. The zero-order valence-corrected chi connectivity index (χ0v) is 22.8. The Morgan fingerprint density at radius 3 is 2.67 bits per heavy atom. The SMILES string of the molecule is Cc1ccc(C)c(N2CCN([C@H](c3cc4cc5c(cc4[nH]c3=O)OCO5)c3nnnn3C[C@H]3CCCO3)CC2)c1. The number of ether oxygens (including phenoxy) is 3. The molecule has 7 rings (SSSR count). The van der Waals surface area contributed by atoms with E-state index >= 15 is 0 Å². The third-order valence-corrected chi connectivity index (χ3v) is 8.25. The van der Waals surface area contributed by atoms with Crippen molar-refractivity contribution < 1.29 is 14.2 Å². The molecule has 2 aromatic carbocycles. The minimum absolute atomic E-state index is 0.0682. The molecule has 0 saturated carbocycles. The number of benzene rings is 2. The van der Waals surface area contributed by atoms with Gasteiger partial charge in [0.1, 0.15) is 6.04 Å². The number of pyridine rings is 1. The summed E-state index contributed by atoms with van der Waals surface area (Å²) in [5, 5.41) is 13.7. The molecule has 0 spiro atoms. The van der Waals surface area contributed by atoms with Crippen molar-refractivity contribution in [3.8, 4) is 11.5 Å². The number of aryl methyl sites for hydroxylation is 2. The molecular formula is C29H33N7O4. The van der Waals surface area contributed by atoms with Crippen molar-refractivity contribution in [3.05, 3.63) is 69.3 Å². The minimum Gasteiger partial charge on any atom is -0.454 e. The van der Waals surface area contributed by atoms with Crippen molar-refractivity contribution >= 4 is 16.6 Å². The van der Waals surface area contributed by atoms with Crippen LogP contribution in [0.25, 0.3) is 10.9 Å². The van der Waals surface area contributed by atoms with Gasteiger partial charge in [-0.05, 0) is 66.4 Å². The molecule has 3 aliphatic rings. The van der Waals surface area contributed by atoms with Crippen LogP contribution in [0.2, 0.25) is 0 Å². The molecule has 2 saturated heterocycles. The Morgan fingerprint density at radius 1 is 1.05 bits per heavy atom. The number of piperazine rings is 1. The zero-order chi connectivity index (χ0) is 27.2. The molecule has 4 aromatic rings. The van der Waals surface area contributed by atoms with Gasteiger partial charge in [0.05, 0.1) is 18.2 Å². The number of hydrogen-bond donors (Lipinski definition) is 1. The fourth-order valence-electron chi connectivity index (χ4n) is 6.11. The quantitative estimate of drug-likeness (QED) is 0.392. The number of aromatic amines is 1. The maximum atomic E-state index is 13.7. The maximum absolute atomic E-state index is 13.7. The summed E-state index contributed by atoms with van der Waals surface area (Å²) in [6.07, 6.45) is 2.08. The van der Waals surface area contributed by atoms with E-state index < -0.39 is 6.04 Å². The monoisotopic (exact) mass is 543 g/mol. The van der Waals surface area contributed by atoms with Crippen LogP contribution in [-0.4, -0.2) is 75.8 Å². The van der Waals surface area contributed by atoms with E-state index in [9.17, 15) is 4.79 Å². The molecular weight excluding hydrogens is 510 g/mol. The molecule has 0 amide bonds. The fraction of sp³-hybridized carbons (Fsp3) is 0.448. The summed E-state index contributed by atoms with van der Waals surface area (Å²) < 4.78 is 18.8. The Balaban J connectivity index is 1.26. The molecule has 0 unspecified atom stereocenters. The van der Waals surface area contributed by atoms with Crippen LogP contribution < -0.4 is 19.9 Å². The van der Waals surface area contributed by atoms with Gasteiger partial charge in [0, 0.05) is 55.5 Å². The highest BCUT2D eigenvalue weighted by Gasteiger charge is 2.34. The van der Waals surface area contributed by atoms with E-state index in [4.69, 9.17) is 14.2 Å². The third-order valence-electron chi connectivity index (χ3n) is 8.25. The average Bonchev–Trinajstić information content (AvgIpc) is 3.73. The van der Waals surface area contributed by atoms with E-state index in [1.165, 1.54) is 16.8 Å². The van der Waals surface area contributed by atoms with Gasteiger partial charge in [-0.1, -0.05) is 12.1 Å². The third kappa shape index (κ3) is 4.58. The normalized spacial score (nSPS) is 19.9. The van der Waals surface area contributed by atoms with Crippen LogP contribution in [0, 0.1) is 13.8 Å². The summed E-state index contributed by atoms with van der Waals surface area (Å²) in [4.78, 5) is 21.5. The fourth-order valence-corrected chi connectivity index (χ4v) is 6.11. The number of tetrazole rings is 1. The Bertz CT molecular complexity index is 1600. The predicted molar refractivity (Wildman–Crippen MR) is 149 cm³/mol. The lowest BCUT2D eigenvalue weighted by Crippen LogP contribution is -2.49. The van der Waals surface area contributed by atoms with Gasteiger partial charge in [0.2, 0.25) is 6.79 Å². The highest BCUT2D eigenvalue weighted by Crippen LogP contribution is 2.37. The molecule has 0 bridgehead atoms. The second kappa shape index (κ2) is 10.2. The summed E-state index contributed by atoms with van der Waals surface area (Å²) in [7, 11) is 0. The summed E-state index contributed by atoms with van der Waals surface area (Å²) in [5.74, 6) is 1.96. The largest absolute Gasteiger partial charge is 0.454 e. The number of hydrogen-bond acceptors (Lipinski definition) is 9. The van der Waals surface area contributed by atoms with Gasteiger partial charge in [-0.3, -0.25) is 9.69 Å². The first-order valence-electron chi connectivity index (χ1n) is 13.9. The number of nitrogens with one attached hydrogen (secondary N) is 1. The van der Waals surface area contributed by atoms with Gasteiger partial charge in [-0.25, -0.2) is 4.68 Å². The first-order valence-corrected chi connectivity index (χ1v) is 13.9. The van der Waals surface area contributed by atoms with E-state index in [-0.39, 0.29) is 18.5 Å². The van der Waals surface area contributed by atoms with Crippen LogP contribution >= 0.6 is 0 Å². The minimum atomic E-state index is -0.421. The Morgan fingerprint density at radius 2 is 1.88 bits per heavy atom. The molecule has 40 heavy (non-hydrogen) atoms. The topological polar surface area (TPSA) is 111 Å². The van der Waals surface area contributed by atoms with Crippen LogP contribution in [-0.2, 0) is 11.3 Å². The van der Waals surface area contributed by atoms with Gasteiger partial charge in [0.15, 0.2) is 17.3 Å². The average molecular weight is 544 g/mol. The van der Waals surface area contributed by atoms with Crippen LogP contribution in [0.3, 0.4) is 0 Å². The molecule has 2 fully saturated rings. The Kier molecular flexibility index (Phi) is 6.39. The number of rotatable bonds is 6. The highest BCUT2D eigenvalue weighted by atomic mass is 16.7. The highest BCUT2D eigenvalue weighted by molar-refractivity contribution is 5.83. The van der Waals surface area contributed by atoms with Gasteiger partial charge >= 0.3 is 0 Å². The summed E-state index contributed by atoms with van der Waals surface area (Å²) in [6, 6.07) is 11.9. The summed E-state index contributed by atoms with van der Waals surface area (Å²) in [6.45, 7) is 8.94. The van der Waals surface area contributed by atoms with Gasteiger partial charge < -0.3 is 24.1 Å². The van der Waals surface area contributed by atoms with Gasteiger partial charge in [-0.2, -0.15) is 0 Å². The van der Waals surface area contributed by atoms with Crippen molar-refractivity contribution in [2.75, 3.05) is 44.5 Å². The van der Waals surface area contributed by atoms with Crippen LogP contribution in [0.4, 0.5) is 5.69 Å². The molecule has 0 radical (unpaired) electrons. The molecule has 11 nitrogen and oxygen atoms in total. The van der Waals surface area contributed by atoms with Crippen LogP contribution in [0.15, 0.2) is 41.2 Å². The molecule has 3 aliphatic heterocycles. The number of aromatic nitrogens is 5. The number of nitrogens with zero attached hydrogens (tertiary/aromatic N) is 6. The molecule has 5 heterocycles. The number of H-pyrrole nitrogens is 1. The Hall–Kier alpha value is -3.96. The molecule has 208 valence electrons. The number of anilines is 1. The predicted octanol–water partition coefficient (Wildman–Crippen LogP) is 2.95. The summed E-state index contributed by atoms with van der Waals surface area (Å²) >= 11 is 0. The van der Waals surface area contributed by atoms with Crippen molar-refractivity contribution in [1.29, 1.82) is 0 Å². The maximum Gasteiger partial charge on any atom is 0.253 e. The lowest BCUT2D eigenvalue weighted by molar-refractivity contribution is 0.0906. The van der Waals surface area contributed by atoms with E-state index in [0.717, 1.165) is 51.0 Å². The first kappa shape index (κ1) is 25.0. The lowest BCUT2D eigenvalue weighted by atomic mass is 10.0. The molecule has 11 heteroatoms. The van der Waals surface area contributed by atoms with Crippen LogP contribution in [0.1, 0.15) is 41.4 Å². The molecule has 2 aromatic heterocycles. The van der Waals surface area contributed by atoms with Gasteiger partial charge in [0.25, 0.3) is 5.56 Å². The van der Waals surface area contributed by atoms with Crippen LogP contribution in [0.5, 0.6) is 11.5 Å². The molecule has 1 N–H and O–H groups in total. The Labute approximate surface area is 231 Å². The van der Waals surface area contributed by atoms with E-state index in [1.807, 2.05) is 22.9 Å². The zero-order valence-electron chi connectivity index (χ0n) is 22.8. The summed E-state index contributed by atoms with van der Waals surface area (Å²) in [5.41, 5.74) is 4.92. The second-order valence-electron chi connectivity index (χ2n) is 10.9. The second-order valence-corrected chi connectivity index (χ2v) is 10.9. The van der Waals surface area contributed by atoms with E-state index in [0.29, 0.717) is 34.9 Å². The van der Waals surface area contributed by atoms with Crippen molar-refractivity contribution in [1.82, 2.24) is 30.1 Å². The van der Waals surface area contributed by atoms with E-state index in [2.05, 4.69) is 62.4 Å². The van der Waals surface area contributed by atoms with Crippen molar-refractivity contribution in [2.45, 2.75) is 45.4 Å². The van der Waals surface area contributed by atoms with Crippen molar-refractivity contribution in [3.63, 3.8) is 0 Å². The van der Waals surface area contributed by atoms with Crippen molar-refractivity contribution in [2.24, 2.45) is 0 Å². The first-order chi connectivity index (χ1) is 19.5. The molecule has 2 atom stereocenters.